The highest BCUT2D eigenvalue weighted by Gasteiger charge is 2.17. The summed E-state index contributed by atoms with van der Waals surface area (Å²) in [6, 6.07) is 24.0. The lowest BCUT2D eigenvalue weighted by Gasteiger charge is -2.16. The number of hydrogen-bond donors (Lipinski definition) is 1. The van der Waals surface area contributed by atoms with Crippen LogP contribution >= 0.6 is 0 Å². The quantitative estimate of drug-likeness (QED) is 0.217. The molecule has 0 aliphatic carbocycles. The predicted molar refractivity (Wildman–Crippen MR) is 142 cm³/mol. The van der Waals surface area contributed by atoms with Crippen LogP contribution in [0.15, 0.2) is 78.9 Å². The molecule has 0 spiro atoms. The number of aromatic nitrogens is 2. The summed E-state index contributed by atoms with van der Waals surface area (Å²) in [6.45, 7) is 7.63. The van der Waals surface area contributed by atoms with Crippen LogP contribution in [0.4, 0.5) is 0 Å². The van der Waals surface area contributed by atoms with Gasteiger partial charge in [0.15, 0.2) is 0 Å². The monoisotopic (exact) mass is 467 g/mol. The normalized spacial score (nSPS) is 12.2. The average Bonchev–Trinajstić information content (AvgIpc) is 3.21. The highest BCUT2D eigenvalue weighted by atomic mass is 16.5. The first kappa shape index (κ1) is 24.3. The number of carbonyl (C=O) groups excluding carboxylic acids is 1. The largest absolute Gasteiger partial charge is 0.494 e. The molecule has 0 aliphatic rings. The van der Waals surface area contributed by atoms with E-state index in [-0.39, 0.29) is 11.9 Å². The molecule has 3 aromatic carbocycles. The average molecular weight is 468 g/mol. The van der Waals surface area contributed by atoms with Gasteiger partial charge >= 0.3 is 0 Å². The molecule has 0 saturated heterocycles. The fourth-order valence-electron chi connectivity index (χ4n) is 4.30. The molecule has 1 atom stereocenters. The van der Waals surface area contributed by atoms with Gasteiger partial charge < -0.3 is 14.6 Å². The molecule has 4 aromatic rings. The Bertz CT molecular complexity index is 1290. The van der Waals surface area contributed by atoms with Gasteiger partial charge in [0.05, 0.1) is 23.7 Å². The maximum atomic E-state index is 12.6. The zero-order valence-corrected chi connectivity index (χ0v) is 20.7. The maximum absolute atomic E-state index is 12.6. The molecule has 0 radical (unpaired) electrons. The first-order valence-corrected chi connectivity index (χ1v) is 12.2. The second kappa shape index (κ2) is 11.5. The van der Waals surface area contributed by atoms with Crippen molar-refractivity contribution < 1.29 is 9.53 Å². The summed E-state index contributed by atoms with van der Waals surface area (Å²) in [6.07, 6.45) is 5.27. The number of hydrogen-bond acceptors (Lipinski definition) is 3. The molecule has 35 heavy (non-hydrogen) atoms. The molecule has 0 aliphatic heterocycles. The molecular weight excluding hydrogens is 434 g/mol. The van der Waals surface area contributed by atoms with Crippen LogP contribution in [0.25, 0.3) is 17.1 Å². The molecule has 1 heterocycles. The number of benzene rings is 3. The van der Waals surface area contributed by atoms with E-state index in [9.17, 15) is 4.79 Å². The molecule has 5 nitrogen and oxygen atoms in total. The summed E-state index contributed by atoms with van der Waals surface area (Å²) in [5, 5.41) is 3.07. The van der Waals surface area contributed by atoms with E-state index in [1.165, 1.54) is 11.1 Å². The number of rotatable bonds is 10. The van der Waals surface area contributed by atoms with Gasteiger partial charge in [-0.15, -0.1) is 0 Å². The molecule has 1 N–H and O–H groups in total. The Hall–Kier alpha value is -3.86. The molecule has 0 bridgehead atoms. The van der Waals surface area contributed by atoms with Crippen molar-refractivity contribution in [2.75, 3.05) is 6.61 Å². The Morgan fingerprint density at radius 2 is 1.71 bits per heavy atom. The number of imidazole rings is 1. The molecule has 4 rings (SSSR count). The van der Waals surface area contributed by atoms with Gasteiger partial charge in [0.25, 0.3) is 0 Å². The van der Waals surface area contributed by atoms with Crippen molar-refractivity contribution >= 4 is 23.0 Å². The first-order chi connectivity index (χ1) is 17.0. The molecule has 0 fully saturated rings. The number of amides is 1. The van der Waals surface area contributed by atoms with Crippen LogP contribution in [0.2, 0.25) is 0 Å². The lowest BCUT2D eigenvalue weighted by atomic mass is 10.1. The Morgan fingerprint density at radius 1 is 1.00 bits per heavy atom. The van der Waals surface area contributed by atoms with Gasteiger partial charge in [0.1, 0.15) is 11.6 Å². The molecule has 5 heteroatoms. The van der Waals surface area contributed by atoms with E-state index >= 15 is 0 Å². The van der Waals surface area contributed by atoms with Crippen molar-refractivity contribution in [3.63, 3.8) is 0 Å². The molecule has 1 unspecified atom stereocenters. The molecule has 1 amide bonds. The first-order valence-electron chi connectivity index (χ1n) is 12.2. The summed E-state index contributed by atoms with van der Waals surface area (Å²) < 4.78 is 8.20. The summed E-state index contributed by atoms with van der Waals surface area (Å²) in [4.78, 5) is 17.4. The molecule has 1 aromatic heterocycles. The van der Waals surface area contributed by atoms with E-state index in [1.54, 1.807) is 6.08 Å². The van der Waals surface area contributed by atoms with E-state index in [1.807, 2.05) is 61.5 Å². The number of ether oxygens (including phenoxy) is 1. The summed E-state index contributed by atoms with van der Waals surface area (Å²) in [5.41, 5.74) is 5.44. The van der Waals surface area contributed by atoms with Crippen molar-refractivity contribution in [1.82, 2.24) is 14.9 Å². The van der Waals surface area contributed by atoms with Crippen LogP contribution in [-0.4, -0.2) is 22.1 Å². The fraction of sp³-hybridized carbons (Fsp3) is 0.267. The highest BCUT2D eigenvalue weighted by molar-refractivity contribution is 5.92. The number of para-hydroxylation sites is 2. The number of carbonyl (C=O) groups is 1. The Balaban J connectivity index is 1.39. The van der Waals surface area contributed by atoms with Crippen LogP contribution in [-0.2, 0) is 11.3 Å². The topological polar surface area (TPSA) is 56.1 Å². The predicted octanol–water partition coefficient (Wildman–Crippen LogP) is 6.40. The van der Waals surface area contributed by atoms with Crippen molar-refractivity contribution in [2.24, 2.45) is 0 Å². The van der Waals surface area contributed by atoms with Crippen LogP contribution in [0.1, 0.15) is 48.3 Å². The third kappa shape index (κ3) is 6.60. The Morgan fingerprint density at radius 3 is 2.49 bits per heavy atom. The second-order valence-corrected chi connectivity index (χ2v) is 8.96. The number of fused-ring (bicyclic) bond motifs is 1. The zero-order valence-electron chi connectivity index (χ0n) is 20.7. The summed E-state index contributed by atoms with van der Waals surface area (Å²) in [7, 11) is 0. The Labute approximate surface area is 207 Å². The lowest BCUT2D eigenvalue weighted by molar-refractivity contribution is -0.117. The second-order valence-electron chi connectivity index (χ2n) is 8.96. The summed E-state index contributed by atoms with van der Waals surface area (Å²) in [5.74, 6) is 1.65. The van der Waals surface area contributed by atoms with Gasteiger partial charge in [-0.2, -0.15) is 0 Å². The van der Waals surface area contributed by atoms with E-state index in [2.05, 4.69) is 48.0 Å². The third-order valence-electron chi connectivity index (χ3n) is 5.90. The number of nitrogens with zero attached hydrogens (tertiary/aromatic N) is 2. The number of unbranched alkanes of at least 4 members (excludes halogenated alkanes) is 1. The lowest BCUT2D eigenvalue weighted by Crippen LogP contribution is -2.27. The van der Waals surface area contributed by atoms with Crippen molar-refractivity contribution in [2.45, 2.75) is 46.2 Å². The van der Waals surface area contributed by atoms with Gasteiger partial charge in [0.2, 0.25) is 5.91 Å². The standard InChI is InChI=1S/C30H33N3O2/c1-22-19-23(2)21-26(20-22)35-18-10-9-17-33-28-14-8-7-13-27(28)32-30(33)24(3)31-29(34)16-15-25-11-5-4-6-12-25/h4-8,11-16,19-21,24H,9-10,17-18H2,1-3H3,(H,31,34)/b16-15-. The fourth-order valence-corrected chi connectivity index (χ4v) is 4.30. The maximum Gasteiger partial charge on any atom is 0.244 e. The van der Waals surface area contributed by atoms with Crippen molar-refractivity contribution in [1.29, 1.82) is 0 Å². The van der Waals surface area contributed by atoms with E-state index in [4.69, 9.17) is 9.72 Å². The molecular formula is C30H33N3O2. The SMILES string of the molecule is Cc1cc(C)cc(OCCCCn2c(C(C)NC(=O)/C=C\c3ccccc3)nc3ccccc32)c1. The van der Waals surface area contributed by atoms with Crippen LogP contribution in [0.5, 0.6) is 5.75 Å². The minimum Gasteiger partial charge on any atom is -0.494 e. The molecule has 0 saturated carbocycles. The minimum atomic E-state index is -0.221. The van der Waals surface area contributed by atoms with Crippen molar-refractivity contribution in [3.8, 4) is 5.75 Å². The van der Waals surface area contributed by atoms with Crippen LogP contribution < -0.4 is 10.1 Å². The number of nitrogens with one attached hydrogen (secondary N) is 1. The zero-order chi connectivity index (χ0) is 24.6. The van der Waals surface area contributed by atoms with Gasteiger partial charge in [-0.25, -0.2) is 4.98 Å². The molecule has 180 valence electrons. The van der Waals surface area contributed by atoms with Gasteiger partial charge in [-0.1, -0.05) is 48.5 Å². The minimum absolute atomic E-state index is 0.137. The third-order valence-corrected chi connectivity index (χ3v) is 5.90. The van der Waals surface area contributed by atoms with Crippen LogP contribution in [0.3, 0.4) is 0 Å². The van der Waals surface area contributed by atoms with Crippen molar-refractivity contribution in [3.05, 3.63) is 101 Å². The Kier molecular flexibility index (Phi) is 7.99. The van der Waals surface area contributed by atoms with Crippen LogP contribution in [0, 0.1) is 13.8 Å². The van der Waals surface area contributed by atoms with E-state index in [0.717, 1.165) is 47.6 Å². The van der Waals surface area contributed by atoms with Gasteiger partial charge in [0, 0.05) is 12.6 Å². The highest BCUT2D eigenvalue weighted by Crippen LogP contribution is 2.22. The van der Waals surface area contributed by atoms with Gasteiger partial charge in [-0.05, 0) is 80.6 Å². The summed E-state index contributed by atoms with van der Waals surface area (Å²) >= 11 is 0. The smallest absolute Gasteiger partial charge is 0.244 e. The number of aryl methyl sites for hydroxylation is 3. The van der Waals surface area contributed by atoms with Gasteiger partial charge in [-0.3, -0.25) is 4.79 Å². The van der Waals surface area contributed by atoms with E-state index < -0.39 is 0 Å². The van der Waals surface area contributed by atoms with E-state index in [0.29, 0.717) is 6.61 Å².